The Morgan fingerprint density at radius 3 is 3.15 bits per heavy atom. The van der Waals surface area contributed by atoms with E-state index in [1.807, 2.05) is 0 Å². The molecule has 1 saturated heterocycles. The molecule has 1 heterocycles. The van der Waals surface area contributed by atoms with Gasteiger partial charge in [-0.1, -0.05) is 6.58 Å². The van der Waals surface area contributed by atoms with Crippen molar-refractivity contribution >= 4 is 11.6 Å². The largest absolute Gasteiger partial charge is 0.380 e. The molecule has 1 aliphatic rings. The summed E-state index contributed by atoms with van der Waals surface area (Å²) in [6.07, 6.45) is 1.11. The fourth-order valence-corrected chi connectivity index (χ4v) is 1.60. The van der Waals surface area contributed by atoms with Crippen molar-refractivity contribution in [1.82, 2.24) is 4.90 Å². The fraction of sp³-hybridized carbons (Fsp3) is 0.800. The quantitative estimate of drug-likeness (QED) is 0.513. The average molecular weight is 204 g/mol. The van der Waals surface area contributed by atoms with Gasteiger partial charge in [0.15, 0.2) is 0 Å². The Morgan fingerprint density at radius 1 is 1.69 bits per heavy atom. The minimum atomic E-state index is 0.488. The van der Waals surface area contributed by atoms with Crippen LogP contribution >= 0.6 is 11.6 Å². The molecule has 13 heavy (non-hydrogen) atoms. The van der Waals surface area contributed by atoms with Gasteiger partial charge in [0.2, 0.25) is 0 Å². The zero-order chi connectivity index (χ0) is 9.68. The van der Waals surface area contributed by atoms with E-state index in [0.29, 0.717) is 11.9 Å². The monoisotopic (exact) mass is 203 g/mol. The summed E-state index contributed by atoms with van der Waals surface area (Å²) in [7, 11) is 0. The van der Waals surface area contributed by atoms with Gasteiger partial charge in [0.25, 0.3) is 0 Å². The van der Waals surface area contributed by atoms with Gasteiger partial charge in [0.05, 0.1) is 6.61 Å². The van der Waals surface area contributed by atoms with Crippen molar-refractivity contribution < 1.29 is 4.74 Å². The van der Waals surface area contributed by atoms with Gasteiger partial charge in [-0.05, 0) is 18.9 Å². The molecule has 0 radical (unpaired) electrons. The van der Waals surface area contributed by atoms with Crippen molar-refractivity contribution in [2.45, 2.75) is 19.4 Å². The van der Waals surface area contributed by atoms with Crippen LogP contribution in [0, 0.1) is 0 Å². The van der Waals surface area contributed by atoms with Gasteiger partial charge in [0.1, 0.15) is 0 Å². The summed E-state index contributed by atoms with van der Waals surface area (Å²) in [5.74, 6) is 0.560. The van der Waals surface area contributed by atoms with E-state index in [1.165, 1.54) is 0 Å². The SMILES string of the molecule is C=C(CCl)CN1CCCOCC1C. The molecule has 76 valence electrons. The van der Waals surface area contributed by atoms with Crippen LogP contribution in [0.4, 0.5) is 0 Å². The smallest absolute Gasteiger partial charge is 0.0619 e. The molecule has 0 N–H and O–H groups in total. The molecule has 0 bridgehead atoms. The van der Waals surface area contributed by atoms with Gasteiger partial charge < -0.3 is 4.74 Å². The molecule has 0 amide bonds. The molecule has 2 nitrogen and oxygen atoms in total. The zero-order valence-electron chi connectivity index (χ0n) is 8.26. The van der Waals surface area contributed by atoms with E-state index in [1.54, 1.807) is 0 Å². The maximum absolute atomic E-state index is 5.70. The highest BCUT2D eigenvalue weighted by Crippen LogP contribution is 2.09. The maximum Gasteiger partial charge on any atom is 0.0619 e. The summed E-state index contributed by atoms with van der Waals surface area (Å²) in [6, 6.07) is 0.488. The Hall–Kier alpha value is -0.0500. The lowest BCUT2D eigenvalue weighted by Crippen LogP contribution is -2.36. The predicted molar refractivity (Wildman–Crippen MR) is 56.3 cm³/mol. The lowest BCUT2D eigenvalue weighted by atomic mass is 10.2. The molecular weight excluding hydrogens is 186 g/mol. The molecular formula is C10H18ClNO. The zero-order valence-corrected chi connectivity index (χ0v) is 9.02. The van der Waals surface area contributed by atoms with Gasteiger partial charge in [-0.2, -0.15) is 0 Å². The first kappa shape index (κ1) is 11.0. The van der Waals surface area contributed by atoms with Crippen molar-refractivity contribution in [3.05, 3.63) is 12.2 Å². The number of hydrogen-bond acceptors (Lipinski definition) is 2. The van der Waals surface area contributed by atoms with Gasteiger partial charge in [0, 0.05) is 31.6 Å². The molecule has 0 aromatic rings. The van der Waals surface area contributed by atoms with Crippen molar-refractivity contribution in [2.24, 2.45) is 0 Å². The second-order valence-corrected chi connectivity index (χ2v) is 3.90. The summed E-state index contributed by atoms with van der Waals surface area (Å²) in [4.78, 5) is 2.39. The third kappa shape index (κ3) is 3.67. The summed E-state index contributed by atoms with van der Waals surface area (Å²) in [5, 5.41) is 0. The first-order valence-electron chi connectivity index (χ1n) is 4.78. The maximum atomic E-state index is 5.70. The van der Waals surface area contributed by atoms with Crippen molar-refractivity contribution in [3.8, 4) is 0 Å². The molecule has 0 aromatic carbocycles. The van der Waals surface area contributed by atoms with Gasteiger partial charge in [-0.25, -0.2) is 0 Å². The van der Waals surface area contributed by atoms with Gasteiger partial charge in [-0.3, -0.25) is 4.90 Å². The standard InChI is InChI=1S/C10H18ClNO/c1-9(6-11)7-12-4-3-5-13-8-10(12)2/h10H,1,3-8H2,2H3. The highest BCUT2D eigenvalue weighted by molar-refractivity contribution is 6.19. The number of rotatable bonds is 3. The topological polar surface area (TPSA) is 12.5 Å². The van der Waals surface area contributed by atoms with Crippen molar-refractivity contribution in [2.75, 3.05) is 32.2 Å². The Bertz CT molecular complexity index is 172. The minimum Gasteiger partial charge on any atom is -0.380 e. The predicted octanol–water partition coefficient (Wildman–Crippen LogP) is 1.89. The molecule has 1 fully saturated rings. The summed E-state index contributed by atoms with van der Waals surface area (Å²) in [6.45, 7) is 9.82. The number of alkyl halides is 1. The Balaban J connectivity index is 2.40. The molecule has 1 aliphatic heterocycles. The lowest BCUT2D eigenvalue weighted by molar-refractivity contribution is 0.111. The van der Waals surface area contributed by atoms with E-state index in [-0.39, 0.29) is 0 Å². The number of ether oxygens (including phenoxy) is 1. The van der Waals surface area contributed by atoms with Crippen LogP contribution in [-0.4, -0.2) is 43.1 Å². The van der Waals surface area contributed by atoms with E-state index in [0.717, 1.165) is 38.3 Å². The second-order valence-electron chi connectivity index (χ2n) is 3.63. The van der Waals surface area contributed by atoms with Crippen molar-refractivity contribution in [3.63, 3.8) is 0 Å². The van der Waals surface area contributed by atoms with Crippen LogP contribution < -0.4 is 0 Å². The Labute approximate surface area is 85.5 Å². The van der Waals surface area contributed by atoms with Crippen LogP contribution in [0.1, 0.15) is 13.3 Å². The van der Waals surface area contributed by atoms with Crippen molar-refractivity contribution in [1.29, 1.82) is 0 Å². The molecule has 1 rings (SSSR count). The van der Waals surface area contributed by atoms with Crippen LogP contribution in [0.25, 0.3) is 0 Å². The van der Waals surface area contributed by atoms with Crippen LogP contribution in [0.3, 0.4) is 0 Å². The molecule has 0 aromatic heterocycles. The third-order valence-corrected chi connectivity index (χ3v) is 2.71. The van der Waals surface area contributed by atoms with E-state index < -0.39 is 0 Å². The first-order chi connectivity index (χ1) is 6.24. The Morgan fingerprint density at radius 2 is 2.46 bits per heavy atom. The molecule has 1 atom stereocenters. The normalized spacial score (nSPS) is 25.5. The van der Waals surface area contributed by atoms with E-state index in [9.17, 15) is 0 Å². The van der Waals surface area contributed by atoms with E-state index in [4.69, 9.17) is 16.3 Å². The Kier molecular flexibility index (Phi) is 4.78. The summed E-state index contributed by atoms with van der Waals surface area (Å²) < 4.78 is 5.45. The molecule has 3 heteroatoms. The number of halogens is 1. The fourth-order valence-electron chi connectivity index (χ4n) is 1.51. The highest BCUT2D eigenvalue weighted by Gasteiger charge is 2.17. The second kappa shape index (κ2) is 5.63. The van der Waals surface area contributed by atoms with Crippen LogP contribution in [0.2, 0.25) is 0 Å². The molecule has 0 spiro atoms. The van der Waals surface area contributed by atoms with Crippen LogP contribution in [0.5, 0.6) is 0 Å². The number of hydrogen-bond donors (Lipinski definition) is 0. The minimum absolute atomic E-state index is 0.488. The lowest BCUT2D eigenvalue weighted by Gasteiger charge is -2.26. The van der Waals surface area contributed by atoms with E-state index in [2.05, 4.69) is 18.4 Å². The van der Waals surface area contributed by atoms with Gasteiger partial charge >= 0.3 is 0 Å². The average Bonchev–Trinajstić information content (AvgIpc) is 2.32. The molecule has 0 aliphatic carbocycles. The van der Waals surface area contributed by atoms with Gasteiger partial charge in [-0.15, -0.1) is 11.6 Å². The number of nitrogens with zero attached hydrogens (tertiary/aromatic N) is 1. The van der Waals surface area contributed by atoms with Crippen LogP contribution in [-0.2, 0) is 4.74 Å². The van der Waals surface area contributed by atoms with Crippen LogP contribution in [0.15, 0.2) is 12.2 Å². The molecule has 1 unspecified atom stereocenters. The molecule has 0 saturated carbocycles. The highest BCUT2D eigenvalue weighted by atomic mass is 35.5. The first-order valence-corrected chi connectivity index (χ1v) is 5.32. The summed E-state index contributed by atoms with van der Waals surface area (Å²) in [5.41, 5.74) is 1.09. The van der Waals surface area contributed by atoms with E-state index >= 15 is 0 Å². The summed E-state index contributed by atoms with van der Waals surface area (Å²) >= 11 is 5.70. The third-order valence-electron chi connectivity index (χ3n) is 2.33.